The first-order valence-electron chi connectivity index (χ1n) is 7.20. The van der Waals surface area contributed by atoms with Gasteiger partial charge in [0, 0.05) is 13.1 Å². The molecule has 1 saturated carbocycles. The van der Waals surface area contributed by atoms with Crippen molar-refractivity contribution in [2.45, 2.75) is 70.2 Å². The summed E-state index contributed by atoms with van der Waals surface area (Å²) < 4.78 is 11.7. The van der Waals surface area contributed by atoms with E-state index < -0.39 is 0 Å². The van der Waals surface area contributed by atoms with Crippen molar-refractivity contribution in [3.05, 3.63) is 0 Å². The molecule has 0 aromatic carbocycles. The molecule has 0 aromatic rings. The predicted molar refractivity (Wildman–Crippen MR) is 69.3 cm³/mol. The van der Waals surface area contributed by atoms with Gasteiger partial charge in [0.1, 0.15) is 0 Å². The minimum atomic E-state index is 0.279. The Balaban J connectivity index is 1.55. The number of hydrogen-bond donors (Lipinski definition) is 1. The fraction of sp³-hybridized carbons (Fsp3) is 1.00. The van der Waals surface area contributed by atoms with Crippen LogP contribution < -0.4 is 5.32 Å². The quantitative estimate of drug-likeness (QED) is 0.725. The molecule has 2 aliphatic rings. The summed E-state index contributed by atoms with van der Waals surface area (Å²) in [6, 6.07) is 0. The lowest BCUT2D eigenvalue weighted by molar-refractivity contribution is -0.0356. The Kier molecular flexibility index (Phi) is 4.83. The van der Waals surface area contributed by atoms with Crippen LogP contribution in [0.5, 0.6) is 0 Å². The summed E-state index contributed by atoms with van der Waals surface area (Å²) in [5, 5.41) is 3.44. The van der Waals surface area contributed by atoms with Gasteiger partial charge in [-0.1, -0.05) is 12.8 Å². The standard InChI is InChI=1S/C14H27NO2/c1-12(2)16-10-9-15-11-13-5-8-14(17-13)6-3-4-7-14/h12-13,15H,3-11H2,1-2H3. The minimum Gasteiger partial charge on any atom is -0.377 e. The Bertz CT molecular complexity index is 224. The van der Waals surface area contributed by atoms with Gasteiger partial charge in [0.2, 0.25) is 0 Å². The summed E-state index contributed by atoms with van der Waals surface area (Å²) >= 11 is 0. The van der Waals surface area contributed by atoms with E-state index in [1.54, 1.807) is 0 Å². The summed E-state index contributed by atoms with van der Waals surface area (Å²) in [7, 11) is 0. The lowest BCUT2D eigenvalue weighted by Crippen LogP contribution is -2.32. The van der Waals surface area contributed by atoms with Gasteiger partial charge in [-0.2, -0.15) is 0 Å². The summed E-state index contributed by atoms with van der Waals surface area (Å²) in [6.45, 7) is 6.87. The minimum absolute atomic E-state index is 0.279. The molecule has 1 aliphatic carbocycles. The molecule has 1 N–H and O–H groups in total. The molecule has 100 valence electrons. The van der Waals surface area contributed by atoms with Gasteiger partial charge >= 0.3 is 0 Å². The van der Waals surface area contributed by atoms with Crippen LogP contribution in [0.15, 0.2) is 0 Å². The lowest BCUT2D eigenvalue weighted by Gasteiger charge is -2.24. The van der Waals surface area contributed by atoms with Crippen molar-refractivity contribution in [2.75, 3.05) is 19.7 Å². The SMILES string of the molecule is CC(C)OCCNCC1CCC2(CCCC2)O1. The molecule has 1 unspecified atom stereocenters. The zero-order valence-electron chi connectivity index (χ0n) is 11.3. The van der Waals surface area contributed by atoms with Crippen molar-refractivity contribution in [2.24, 2.45) is 0 Å². The molecule has 0 bridgehead atoms. The van der Waals surface area contributed by atoms with E-state index in [2.05, 4.69) is 19.2 Å². The van der Waals surface area contributed by atoms with Gasteiger partial charge < -0.3 is 14.8 Å². The molecule has 1 saturated heterocycles. The van der Waals surface area contributed by atoms with E-state index in [9.17, 15) is 0 Å². The molecule has 0 radical (unpaired) electrons. The van der Waals surface area contributed by atoms with Gasteiger partial charge in [0.25, 0.3) is 0 Å². The van der Waals surface area contributed by atoms with E-state index in [4.69, 9.17) is 9.47 Å². The van der Waals surface area contributed by atoms with Crippen LogP contribution in [0.4, 0.5) is 0 Å². The fourth-order valence-corrected chi connectivity index (χ4v) is 3.06. The van der Waals surface area contributed by atoms with Crippen molar-refractivity contribution < 1.29 is 9.47 Å². The highest BCUT2D eigenvalue weighted by atomic mass is 16.5. The van der Waals surface area contributed by atoms with E-state index in [0.29, 0.717) is 12.2 Å². The van der Waals surface area contributed by atoms with Gasteiger partial charge in [-0.15, -0.1) is 0 Å². The van der Waals surface area contributed by atoms with Crippen molar-refractivity contribution in [1.29, 1.82) is 0 Å². The van der Waals surface area contributed by atoms with Gasteiger partial charge in [-0.05, 0) is 39.5 Å². The summed E-state index contributed by atoms with van der Waals surface area (Å²) in [4.78, 5) is 0. The van der Waals surface area contributed by atoms with Crippen LogP contribution in [0.1, 0.15) is 52.4 Å². The van der Waals surface area contributed by atoms with Crippen molar-refractivity contribution in [1.82, 2.24) is 5.32 Å². The molecule has 3 nitrogen and oxygen atoms in total. The Labute approximate surface area is 105 Å². The molecule has 17 heavy (non-hydrogen) atoms. The Hall–Kier alpha value is -0.120. The third kappa shape index (κ3) is 3.94. The third-order valence-electron chi connectivity index (χ3n) is 3.96. The van der Waals surface area contributed by atoms with Crippen LogP contribution in [0, 0.1) is 0 Å². The second-order valence-electron chi connectivity index (χ2n) is 5.79. The molecule has 1 atom stereocenters. The predicted octanol–water partition coefficient (Wildman–Crippen LogP) is 2.49. The Morgan fingerprint density at radius 3 is 2.76 bits per heavy atom. The van der Waals surface area contributed by atoms with Crippen molar-refractivity contribution in [3.63, 3.8) is 0 Å². The van der Waals surface area contributed by atoms with Gasteiger partial charge in [-0.25, -0.2) is 0 Å². The van der Waals surface area contributed by atoms with E-state index in [-0.39, 0.29) is 5.60 Å². The number of hydrogen-bond acceptors (Lipinski definition) is 3. The number of nitrogens with one attached hydrogen (secondary N) is 1. The normalized spacial score (nSPS) is 27.4. The molecule has 0 aromatic heterocycles. The molecule has 0 amide bonds. The highest BCUT2D eigenvalue weighted by Crippen LogP contribution is 2.42. The Morgan fingerprint density at radius 1 is 1.29 bits per heavy atom. The fourth-order valence-electron chi connectivity index (χ4n) is 3.06. The summed E-state index contributed by atoms with van der Waals surface area (Å²) in [5.74, 6) is 0. The molecule has 2 rings (SSSR count). The first kappa shape index (κ1) is 13.3. The largest absolute Gasteiger partial charge is 0.377 e. The second-order valence-corrected chi connectivity index (χ2v) is 5.79. The molecule has 3 heteroatoms. The number of ether oxygens (including phenoxy) is 2. The maximum absolute atomic E-state index is 6.23. The van der Waals surface area contributed by atoms with Gasteiger partial charge in [0.15, 0.2) is 0 Å². The summed E-state index contributed by atoms with van der Waals surface area (Å²) in [5.41, 5.74) is 0.279. The monoisotopic (exact) mass is 241 g/mol. The first-order valence-corrected chi connectivity index (χ1v) is 7.20. The van der Waals surface area contributed by atoms with Crippen LogP contribution in [0.3, 0.4) is 0 Å². The van der Waals surface area contributed by atoms with E-state index in [1.165, 1.54) is 38.5 Å². The highest BCUT2D eigenvalue weighted by molar-refractivity contribution is 4.93. The molecule has 1 spiro atoms. The zero-order chi connectivity index (χ0) is 12.1. The zero-order valence-corrected chi connectivity index (χ0v) is 11.3. The van der Waals surface area contributed by atoms with Gasteiger partial charge in [0.05, 0.1) is 24.4 Å². The van der Waals surface area contributed by atoms with Crippen molar-refractivity contribution in [3.8, 4) is 0 Å². The van der Waals surface area contributed by atoms with Crippen LogP contribution in [-0.4, -0.2) is 37.5 Å². The van der Waals surface area contributed by atoms with Crippen LogP contribution >= 0.6 is 0 Å². The maximum atomic E-state index is 6.23. The van der Waals surface area contributed by atoms with Crippen LogP contribution in [0.2, 0.25) is 0 Å². The molecular weight excluding hydrogens is 214 g/mol. The Morgan fingerprint density at radius 2 is 2.06 bits per heavy atom. The molecule has 1 aliphatic heterocycles. The number of rotatable bonds is 6. The first-order chi connectivity index (χ1) is 8.20. The highest BCUT2D eigenvalue weighted by Gasteiger charge is 2.41. The average molecular weight is 241 g/mol. The van der Waals surface area contributed by atoms with Crippen molar-refractivity contribution >= 4 is 0 Å². The van der Waals surface area contributed by atoms with E-state index >= 15 is 0 Å². The average Bonchev–Trinajstić information content (AvgIpc) is 2.89. The van der Waals surface area contributed by atoms with Gasteiger partial charge in [-0.3, -0.25) is 0 Å². The smallest absolute Gasteiger partial charge is 0.0708 e. The second kappa shape index (κ2) is 6.17. The molecule has 1 heterocycles. The lowest BCUT2D eigenvalue weighted by atomic mass is 9.98. The topological polar surface area (TPSA) is 30.5 Å². The van der Waals surface area contributed by atoms with E-state index in [0.717, 1.165) is 19.7 Å². The van der Waals surface area contributed by atoms with E-state index in [1.807, 2.05) is 0 Å². The van der Waals surface area contributed by atoms with Crippen LogP contribution in [-0.2, 0) is 9.47 Å². The third-order valence-corrected chi connectivity index (χ3v) is 3.96. The molecular formula is C14H27NO2. The molecule has 2 fully saturated rings. The summed E-state index contributed by atoms with van der Waals surface area (Å²) in [6.07, 6.45) is 8.60. The maximum Gasteiger partial charge on any atom is 0.0708 e. The van der Waals surface area contributed by atoms with Crippen LogP contribution in [0.25, 0.3) is 0 Å².